The second kappa shape index (κ2) is 8.11. The Morgan fingerprint density at radius 1 is 1.24 bits per heavy atom. The number of carboxylic acid groups (broad SMARTS) is 1. The van der Waals surface area contributed by atoms with E-state index in [2.05, 4.69) is 5.32 Å². The Bertz CT molecular complexity index is 491. The maximum atomic E-state index is 12.2. The number of hydrogen-bond acceptors (Lipinski definition) is 4. The summed E-state index contributed by atoms with van der Waals surface area (Å²) in [7, 11) is 5.22. The molecule has 2 amide bonds. The molecule has 0 saturated carbocycles. The number of nitrogens with one attached hydrogen (secondary N) is 1. The van der Waals surface area contributed by atoms with E-state index in [4.69, 9.17) is 9.84 Å². The van der Waals surface area contributed by atoms with Gasteiger partial charge in [0.15, 0.2) is 0 Å². The van der Waals surface area contributed by atoms with E-state index in [1.54, 1.807) is 24.3 Å². The fraction of sp³-hybridized carbons (Fsp3) is 0.429. The summed E-state index contributed by atoms with van der Waals surface area (Å²) in [5.74, 6) is -0.530. The number of rotatable bonds is 7. The molecule has 0 atom stereocenters. The summed E-state index contributed by atoms with van der Waals surface area (Å²) in [6.07, 6.45) is 0. The van der Waals surface area contributed by atoms with Crippen molar-refractivity contribution in [2.45, 2.75) is 0 Å². The van der Waals surface area contributed by atoms with Crippen LogP contribution in [0.15, 0.2) is 24.3 Å². The molecule has 0 spiro atoms. The number of aliphatic carboxylic acids is 1. The van der Waals surface area contributed by atoms with Crippen molar-refractivity contribution in [3.05, 3.63) is 24.3 Å². The molecule has 0 fully saturated rings. The number of likely N-dealkylation sites (N-methyl/N-ethyl adjacent to an activating group) is 1. The average molecular weight is 295 g/mol. The maximum Gasteiger partial charge on any atom is 0.323 e. The number of carboxylic acids is 1. The third-order valence-corrected chi connectivity index (χ3v) is 2.78. The van der Waals surface area contributed by atoms with Crippen molar-refractivity contribution in [2.24, 2.45) is 0 Å². The molecule has 0 radical (unpaired) electrons. The fourth-order valence-electron chi connectivity index (χ4n) is 1.68. The topological polar surface area (TPSA) is 82.1 Å². The first-order chi connectivity index (χ1) is 9.93. The largest absolute Gasteiger partial charge is 0.495 e. The van der Waals surface area contributed by atoms with Gasteiger partial charge in [-0.05, 0) is 26.2 Å². The molecule has 0 aromatic heterocycles. The number of para-hydroxylation sites is 2. The zero-order chi connectivity index (χ0) is 15.8. The van der Waals surface area contributed by atoms with Crippen LogP contribution in [0.5, 0.6) is 5.75 Å². The highest BCUT2D eigenvalue weighted by molar-refractivity contribution is 5.92. The number of urea groups is 1. The van der Waals surface area contributed by atoms with Crippen molar-refractivity contribution in [3.63, 3.8) is 0 Å². The minimum Gasteiger partial charge on any atom is -0.495 e. The zero-order valence-electron chi connectivity index (χ0n) is 12.5. The molecule has 0 aliphatic carbocycles. The molecule has 1 aromatic rings. The van der Waals surface area contributed by atoms with Crippen LogP contribution in [0.4, 0.5) is 10.5 Å². The highest BCUT2D eigenvalue weighted by atomic mass is 16.5. The number of ether oxygens (including phenoxy) is 1. The standard InChI is InChI=1S/C14H21N3O4/c1-16(2)8-9-17(10-13(18)19)14(20)15-11-6-4-5-7-12(11)21-3/h4-7H,8-10H2,1-3H3,(H,15,20)(H,18,19). The number of amides is 2. The van der Waals surface area contributed by atoms with Gasteiger partial charge in [0.05, 0.1) is 12.8 Å². The van der Waals surface area contributed by atoms with Crippen LogP contribution in [0.2, 0.25) is 0 Å². The quantitative estimate of drug-likeness (QED) is 0.789. The molecule has 0 aliphatic heterocycles. The van der Waals surface area contributed by atoms with Crippen LogP contribution < -0.4 is 10.1 Å². The number of carbonyl (C=O) groups is 2. The fourth-order valence-corrected chi connectivity index (χ4v) is 1.68. The number of hydrogen-bond donors (Lipinski definition) is 2. The second-order valence-electron chi connectivity index (χ2n) is 4.75. The number of nitrogens with zero attached hydrogens (tertiary/aromatic N) is 2. The van der Waals surface area contributed by atoms with Gasteiger partial charge in [0.25, 0.3) is 0 Å². The van der Waals surface area contributed by atoms with Crippen LogP contribution in [-0.4, -0.2) is 67.7 Å². The Kier molecular flexibility index (Phi) is 6.48. The van der Waals surface area contributed by atoms with Crippen molar-refractivity contribution in [3.8, 4) is 5.75 Å². The predicted octanol–water partition coefficient (Wildman–Crippen LogP) is 1.18. The average Bonchev–Trinajstić information content (AvgIpc) is 2.43. The van der Waals surface area contributed by atoms with Crippen LogP contribution >= 0.6 is 0 Å². The first-order valence-corrected chi connectivity index (χ1v) is 6.49. The summed E-state index contributed by atoms with van der Waals surface area (Å²) < 4.78 is 5.15. The molecule has 0 aliphatic rings. The van der Waals surface area contributed by atoms with Gasteiger partial charge in [0.2, 0.25) is 0 Å². The van der Waals surface area contributed by atoms with Crippen molar-refractivity contribution in [1.82, 2.24) is 9.80 Å². The van der Waals surface area contributed by atoms with Gasteiger partial charge in [-0.2, -0.15) is 0 Å². The molecule has 1 aromatic carbocycles. The maximum absolute atomic E-state index is 12.2. The summed E-state index contributed by atoms with van der Waals surface area (Å²) in [4.78, 5) is 26.2. The molecular weight excluding hydrogens is 274 g/mol. The predicted molar refractivity (Wildman–Crippen MR) is 79.8 cm³/mol. The van der Waals surface area contributed by atoms with Crippen LogP contribution in [0, 0.1) is 0 Å². The highest BCUT2D eigenvalue weighted by Gasteiger charge is 2.18. The highest BCUT2D eigenvalue weighted by Crippen LogP contribution is 2.23. The smallest absolute Gasteiger partial charge is 0.323 e. The van der Waals surface area contributed by atoms with E-state index in [-0.39, 0.29) is 6.54 Å². The molecule has 2 N–H and O–H groups in total. The van der Waals surface area contributed by atoms with Gasteiger partial charge >= 0.3 is 12.0 Å². The minimum atomic E-state index is -1.05. The van der Waals surface area contributed by atoms with Gasteiger partial charge in [-0.1, -0.05) is 12.1 Å². The Morgan fingerprint density at radius 3 is 2.48 bits per heavy atom. The van der Waals surface area contributed by atoms with Crippen LogP contribution in [0.25, 0.3) is 0 Å². The lowest BCUT2D eigenvalue weighted by atomic mass is 10.3. The second-order valence-corrected chi connectivity index (χ2v) is 4.75. The van der Waals surface area contributed by atoms with Crippen molar-refractivity contribution >= 4 is 17.7 Å². The molecule has 0 bridgehead atoms. The molecule has 1 rings (SSSR count). The minimum absolute atomic E-state index is 0.320. The van der Waals surface area contributed by atoms with E-state index in [1.807, 2.05) is 19.0 Å². The van der Waals surface area contributed by atoms with Crippen LogP contribution in [-0.2, 0) is 4.79 Å². The molecule has 0 unspecified atom stereocenters. The Hall–Kier alpha value is -2.28. The Morgan fingerprint density at radius 2 is 1.90 bits per heavy atom. The van der Waals surface area contributed by atoms with Crippen LogP contribution in [0.3, 0.4) is 0 Å². The Labute approximate surface area is 124 Å². The van der Waals surface area contributed by atoms with E-state index in [0.29, 0.717) is 24.5 Å². The summed E-state index contributed by atoms with van der Waals surface area (Å²) in [6.45, 7) is 0.543. The summed E-state index contributed by atoms with van der Waals surface area (Å²) >= 11 is 0. The van der Waals surface area contributed by atoms with Crippen molar-refractivity contribution in [1.29, 1.82) is 0 Å². The summed E-state index contributed by atoms with van der Waals surface area (Å²) in [5, 5.41) is 11.6. The van der Waals surface area contributed by atoms with E-state index in [9.17, 15) is 9.59 Å². The number of methoxy groups -OCH3 is 1. The first-order valence-electron chi connectivity index (χ1n) is 6.49. The molecule has 21 heavy (non-hydrogen) atoms. The van der Waals surface area contributed by atoms with Gasteiger partial charge in [0, 0.05) is 13.1 Å². The lowest BCUT2D eigenvalue weighted by Crippen LogP contribution is -2.42. The lowest BCUT2D eigenvalue weighted by molar-refractivity contribution is -0.137. The van der Waals surface area contributed by atoms with E-state index < -0.39 is 12.0 Å². The summed E-state index contributed by atoms with van der Waals surface area (Å²) in [5.41, 5.74) is 0.505. The normalized spacial score (nSPS) is 10.3. The van der Waals surface area contributed by atoms with Gasteiger partial charge in [-0.3, -0.25) is 4.79 Å². The molecule has 7 nitrogen and oxygen atoms in total. The number of benzene rings is 1. The van der Waals surface area contributed by atoms with E-state index >= 15 is 0 Å². The summed E-state index contributed by atoms with van der Waals surface area (Å²) in [6, 6.07) is 6.50. The molecule has 116 valence electrons. The van der Waals surface area contributed by atoms with Gasteiger partial charge in [-0.25, -0.2) is 4.79 Å². The monoisotopic (exact) mass is 295 g/mol. The van der Waals surface area contributed by atoms with Crippen molar-refractivity contribution < 1.29 is 19.4 Å². The van der Waals surface area contributed by atoms with E-state index in [1.165, 1.54) is 12.0 Å². The van der Waals surface area contributed by atoms with E-state index in [0.717, 1.165) is 0 Å². The Balaban J connectivity index is 2.77. The third kappa shape index (κ3) is 5.70. The first kappa shape index (κ1) is 16.8. The zero-order valence-corrected chi connectivity index (χ0v) is 12.5. The molecule has 7 heteroatoms. The van der Waals surface area contributed by atoms with Gasteiger partial charge in [-0.15, -0.1) is 0 Å². The molecule has 0 heterocycles. The number of anilines is 1. The third-order valence-electron chi connectivity index (χ3n) is 2.78. The van der Waals surface area contributed by atoms with Crippen molar-refractivity contribution in [2.75, 3.05) is 46.2 Å². The lowest BCUT2D eigenvalue weighted by Gasteiger charge is -2.23. The van der Waals surface area contributed by atoms with Gasteiger partial charge < -0.3 is 25.0 Å². The molecule has 0 saturated heterocycles. The van der Waals surface area contributed by atoms with Crippen LogP contribution in [0.1, 0.15) is 0 Å². The van der Waals surface area contributed by atoms with Gasteiger partial charge in [0.1, 0.15) is 12.3 Å². The molecular formula is C14H21N3O4. The number of carbonyl (C=O) groups excluding carboxylic acids is 1. The SMILES string of the molecule is COc1ccccc1NC(=O)N(CCN(C)C)CC(=O)O.